The number of aromatic nitrogens is 2. The van der Waals surface area contributed by atoms with Gasteiger partial charge in [0.05, 0.1) is 17.8 Å². The first-order valence-corrected chi connectivity index (χ1v) is 6.87. The molecule has 0 saturated heterocycles. The molecular weight excluding hydrogens is 303 g/mol. The van der Waals surface area contributed by atoms with E-state index in [2.05, 4.69) is 5.10 Å². The number of hydrogen-bond donors (Lipinski definition) is 1. The van der Waals surface area contributed by atoms with Gasteiger partial charge in [-0.05, 0) is 12.1 Å². The van der Waals surface area contributed by atoms with Crippen LogP contribution in [0.3, 0.4) is 0 Å². The van der Waals surface area contributed by atoms with Gasteiger partial charge in [-0.1, -0.05) is 17.7 Å². The molecule has 0 bridgehead atoms. The van der Waals surface area contributed by atoms with E-state index in [-0.39, 0.29) is 11.4 Å². The lowest BCUT2D eigenvalue weighted by Crippen LogP contribution is -2.05. The highest BCUT2D eigenvalue weighted by Crippen LogP contribution is 2.33. The zero-order valence-corrected chi connectivity index (χ0v) is 11.6. The van der Waals surface area contributed by atoms with Gasteiger partial charge in [-0.15, -0.1) is 11.3 Å². The Morgan fingerprint density at radius 3 is 2.95 bits per heavy atom. The van der Waals surface area contributed by atoms with E-state index < -0.39 is 11.8 Å². The fraction of sp³-hybridized carbons (Fsp3) is 0.0769. The van der Waals surface area contributed by atoms with Crippen LogP contribution in [-0.4, -0.2) is 20.9 Å². The van der Waals surface area contributed by atoms with Crippen LogP contribution in [0.25, 0.3) is 10.1 Å². The Morgan fingerprint density at radius 2 is 2.30 bits per heavy atom. The van der Waals surface area contributed by atoms with Gasteiger partial charge in [-0.2, -0.15) is 5.10 Å². The van der Waals surface area contributed by atoms with Crippen LogP contribution >= 0.6 is 22.9 Å². The summed E-state index contributed by atoms with van der Waals surface area (Å²) in [6, 6.07) is 4.59. The molecular formula is C13H8ClFN2O2S. The van der Waals surface area contributed by atoms with Crippen LogP contribution in [0, 0.1) is 5.82 Å². The molecule has 1 aromatic carbocycles. The summed E-state index contributed by atoms with van der Waals surface area (Å²) in [6.45, 7) is 0.162. The van der Waals surface area contributed by atoms with Crippen molar-refractivity contribution in [1.29, 1.82) is 0 Å². The predicted octanol–water partition coefficient (Wildman–Crippen LogP) is 3.64. The SMILES string of the molecule is O=C(O)c1sc2cccc(F)c2c1Cn1cc(Cl)cn1. The number of thiophene rings is 1. The maximum atomic E-state index is 14.0. The van der Waals surface area contributed by atoms with Crippen molar-refractivity contribution in [2.75, 3.05) is 0 Å². The third-order valence-corrected chi connectivity index (χ3v) is 4.26. The Labute approximate surface area is 122 Å². The van der Waals surface area contributed by atoms with Gasteiger partial charge < -0.3 is 5.11 Å². The van der Waals surface area contributed by atoms with Gasteiger partial charge in [-0.3, -0.25) is 4.68 Å². The topological polar surface area (TPSA) is 55.1 Å². The monoisotopic (exact) mass is 310 g/mol. The minimum atomic E-state index is -1.07. The molecule has 20 heavy (non-hydrogen) atoms. The third kappa shape index (κ3) is 2.17. The molecule has 3 rings (SSSR count). The van der Waals surface area contributed by atoms with E-state index in [1.54, 1.807) is 18.3 Å². The van der Waals surface area contributed by atoms with Crippen LogP contribution in [0.2, 0.25) is 5.02 Å². The third-order valence-electron chi connectivity index (χ3n) is 2.88. The van der Waals surface area contributed by atoms with Crippen molar-refractivity contribution in [2.24, 2.45) is 0 Å². The Balaban J connectivity index is 2.20. The number of benzene rings is 1. The Bertz CT molecular complexity index is 812. The van der Waals surface area contributed by atoms with Crippen molar-refractivity contribution in [3.8, 4) is 0 Å². The first-order valence-electron chi connectivity index (χ1n) is 5.67. The highest BCUT2D eigenvalue weighted by molar-refractivity contribution is 7.21. The first kappa shape index (κ1) is 13.1. The van der Waals surface area contributed by atoms with Gasteiger partial charge in [0.15, 0.2) is 0 Å². The summed E-state index contributed by atoms with van der Waals surface area (Å²) in [6.07, 6.45) is 3.02. The van der Waals surface area contributed by atoms with Gasteiger partial charge in [-0.25, -0.2) is 9.18 Å². The second-order valence-electron chi connectivity index (χ2n) is 4.18. The summed E-state index contributed by atoms with van der Waals surface area (Å²) in [5, 5.41) is 14.1. The van der Waals surface area contributed by atoms with Crippen molar-refractivity contribution in [2.45, 2.75) is 6.54 Å². The molecule has 0 saturated carbocycles. The van der Waals surface area contributed by atoms with Crippen LogP contribution in [0.1, 0.15) is 15.2 Å². The molecule has 3 aromatic rings. The highest BCUT2D eigenvalue weighted by Gasteiger charge is 2.20. The van der Waals surface area contributed by atoms with Gasteiger partial charge in [0.1, 0.15) is 10.7 Å². The van der Waals surface area contributed by atoms with E-state index >= 15 is 0 Å². The van der Waals surface area contributed by atoms with Gasteiger partial charge >= 0.3 is 5.97 Å². The Kier molecular flexibility index (Phi) is 3.19. The normalized spacial score (nSPS) is 11.1. The first-order chi connectivity index (χ1) is 9.56. The molecule has 0 spiro atoms. The molecule has 1 N–H and O–H groups in total. The minimum absolute atomic E-state index is 0.122. The molecule has 2 heterocycles. The molecule has 0 aliphatic heterocycles. The molecule has 0 amide bonds. The van der Waals surface area contributed by atoms with Crippen molar-refractivity contribution >= 4 is 39.0 Å². The number of nitrogens with zero attached hydrogens (tertiary/aromatic N) is 2. The van der Waals surface area contributed by atoms with E-state index in [0.717, 1.165) is 11.3 Å². The molecule has 7 heteroatoms. The molecule has 0 aliphatic carbocycles. The fourth-order valence-electron chi connectivity index (χ4n) is 2.08. The maximum absolute atomic E-state index is 14.0. The lowest BCUT2D eigenvalue weighted by atomic mass is 10.1. The van der Waals surface area contributed by atoms with Gasteiger partial charge in [0.2, 0.25) is 0 Å². The van der Waals surface area contributed by atoms with Crippen LogP contribution in [0.4, 0.5) is 4.39 Å². The van der Waals surface area contributed by atoms with Gasteiger partial charge in [0, 0.05) is 21.8 Å². The molecule has 0 unspecified atom stereocenters. The van der Waals surface area contributed by atoms with Crippen molar-refractivity contribution < 1.29 is 14.3 Å². The number of halogens is 2. The smallest absolute Gasteiger partial charge is 0.346 e. The Morgan fingerprint density at radius 1 is 1.50 bits per heavy atom. The number of carboxylic acid groups (broad SMARTS) is 1. The van der Waals surface area contributed by atoms with E-state index in [0.29, 0.717) is 20.7 Å². The summed E-state index contributed by atoms with van der Waals surface area (Å²) < 4.78 is 16.1. The molecule has 0 radical (unpaired) electrons. The molecule has 0 aliphatic rings. The van der Waals surface area contributed by atoms with E-state index in [9.17, 15) is 14.3 Å². The van der Waals surface area contributed by atoms with Crippen molar-refractivity contribution in [3.05, 3.63) is 51.9 Å². The molecule has 2 aromatic heterocycles. The number of rotatable bonds is 3. The van der Waals surface area contributed by atoms with Crippen LogP contribution in [0.15, 0.2) is 30.6 Å². The standard InChI is InChI=1S/C13H8ClFN2O2S/c14-7-4-16-17(5-7)6-8-11-9(15)2-1-3-10(11)20-12(8)13(18)19/h1-5H,6H2,(H,18,19). The highest BCUT2D eigenvalue weighted by atomic mass is 35.5. The molecule has 102 valence electrons. The number of hydrogen-bond acceptors (Lipinski definition) is 3. The summed E-state index contributed by atoms with van der Waals surface area (Å²) >= 11 is 6.84. The zero-order valence-electron chi connectivity index (χ0n) is 10.0. The second kappa shape index (κ2) is 4.88. The quantitative estimate of drug-likeness (QED) is 0.803. The number of fused-ring (bicyclic) bond motifs is 1. The summed E-state index contributed by atoms with van der Waals surface area (Å²) in [5.74, 6) is -1.50. The lowest BCUT2D eigenvalue weighted by molar-refractivity contribution is 0.0701. The van der Waals surface area contributed by atoms with E-state index in [1.807, 2.05) is 0 Å². The van der Waals surface area contributed by atoms with Crippen LogP contribution in [0.5, 0.6) is 0 Å². The number of carbonyl (C=O) groups is 1. The molecule has 0 fully saturated rings. The average Bonchev–Trinajstić information content (AvgIpc) is 2.95. The van der Waals surface area contributed by atoms with E-state index in [1.165, 1.54) is 16.9 Å². The second-order valence-corrected chi connectivity index (χ2v) is 5.67. The largest absolute Gasteiger partial charge is 0.477 e. The lowest BCUT2D eigenvalue weighted by Gasteiger charge is -2.03. The predicted molar refractivity (Wildman–Crippen MR) is 75.1 cm³/mol. The summed E-state index contributed by atoms with van der Waals surface area (Å²) in [4.78, 5) is 11.5. The Hall–Kier alpha value is -1.92. The molecule has 0 atom stereocenters. The average molecular weight is 311 g/mol. The maximum Gasteiger partial charge on any atom is 0.346 e. The fourth-order valence-corrected chi connectivity index (χ4v) is 3.30. The van der Waals surface area contributed by atoms with Crippen molar-refractivity contribution in [3.63, 3.8) is 0 Å². The summed E-state index contributed by atoms with van der Waals surface area (Å²) in [7, 11) is 0. The number of aromatic carboxylic acids is 1. The summed E-state index contributed by atoms with van der Waals surface area (Å²) in [5.41, 5.74) is 0.412. The number of carboxylic acids is 1. The molecule has 4 nitrogen and oxygen atoms in total. The van der Waals surface area contributed by atoms with Crippen LogP contribution in [-0.2, 0) is 6.54 Å². The van der Waals surface area contributed by atoms with Gasteiger partial charge in [0.25, 0.3) is 0 Å². The van der Waals surface area contributed by atoms with Crippen LogP contribution < -0.4 is 0 Å². The van der Waals surface area contributed by atoms with E-state index in [4.69, 9.17) is 11.6 Å². The minimum Gasteiger partial charge on any atom is -0.477 e. The zero-order chi connectivity index (χ0) is 14.3. The van der Waals surface area contributed by atoms with Crippen molar-refractivity contribution in [1.82, 2.24) is 9.78 Å².